The molecule has 2 aromatic rings. The van der Waals surface area contributed by atoms with Crippen LogP contribution in [0.5, 0.6) is 5.75 Å². The minimum atomic E-state index is 0.200. The van der Waals surface area contributed by atoms with E-state index < -0.39 is 0 Å². The molecule has 0 fully saturated rings. The summed E-state index contributed by atoms with van der Waals surface area (Å²) in [6.45, 7) is 0.295. The van der Waals surface area contributed by atoms with Gasteiger partial charge in [0, 0.05) is 23.7 Å². The number of aryl methyl sites for hydroxylation is 1. The van der Waals surface area contributed by atoms with Crippen LogP contribution >= 0.6 is 0 Å². The zero-order chi connectivity index (χ0) is 13.9. The quantitative estimate of drug-likeness (QED) is 0.855. The van der Waals surface area contributed by atoms with Crippen molar-refractivity contribution in [2.75, 3.05) is 0 Å². The van der Waals surface area contributed by atoms with Gasteiger partial charge < -0.3 is 4.74 Å². The van der Waals surface area contributed by atoms with E-state index in [9.17, 15) is 4.79 Å². The Hall–Kier alpha value is -2.67. The van der Waals surface area contributed by atoms with Crippen LogP contribution in [-0.4, -0.2) is 10.8 Å². The molecule has 0 spiro atoms. The zero-order valence-electron chi connectivity index (χ0n) is 10.8. The molecule has 0 atom stereocenters. The number of Topliss-reactive ketones (excluding diaryl/α,β-unsaturated/α-hetero) is 1. The molecule has 1 aliphatic carbocycles. The normalized spacial score (nSPS) is 12.8. The summed E-state index contributed by atoms with van der Waals surface area (Å²) in [5.41, 5.74) is 2.98. The fourth-order valence-corrected chi connectivity index (χ4v) is 2.34. The van der Waals surface area contributed by atoms with Crippen molar-refractivity contribution < 1.29 is 9.53 Å². The van der Waals surface area contributed by atoms with Crippen LogP contribution in [0.4, 0.5) is 0 Å². The molecule has 4 heteroatoms. The molecule has 3 rings (SSSR count). The van der Waals surface area contributed by atoms with E-state index >= 15 is 0 Å². The Kier molecular flexibility index (Phi) is 3.18. The number of aromatic nitrogens is 1. The monoisotopic (exact) mass is 264 g/mol. The summed E-state index contributed by atoms with van der Waals surface area (Å²) in [4.78, 5) is 15.5. The average Bonchev–Trinajstić information content (AvgIpc) is 2.86. The first-order valence-corrected chi connectivity index (χ1v) is 6.41. The highest BCUT2D eigenvalue weighted by molar-refractivity contribution is 6.00. The topological polar surface area (TPSA) is 63.0 Å². The van der Waals surface area contributed by atoms with Crippen LogP contribution in [0.1, 0.15) is 33.6 Å². The molecule has 0 N–H and O–H groups in total. The lowest BCUT2D eigenvalue weighted by Gasteiger charge is -2.08. The lowest BCUT2D eigenvalue weighted by molar-refractivity contribution is 0.0994. The molecular formula is C16H12N2O2. The van der Waals surface area contributed by atoms with Crippen molar-refractivity contribution in [3.63, 3.8) is 0 Å². The number of nitrogens with zero attached hydrogens (tertiary/aromatic N) is 2. The van der Waals surface area contributed by atoms with Gasteiger partial charge in [-0.1, -0.05) is 6.07 Å². The third-order valence-electron chi connectivity index (χ3n) is 3.39. The molecule has 0 unspecified atom stereocenters. The number of hydrogen-bond donors (Lipinski definition) is 0. The predicted molar refractivity (Wildman–Crippen MR) is 72.4 cm³/mol. The predicted octanol–water partition coefficient (Wildman–Crippen LogP) is 2.66. The number of carbonyl (C=O) groups is 1. The summed E-state index contributed by atoms with van der Waals surface area (Å²) in [5, 5.41) is 8.97. The molecule has 0 amide bonds. The first-order chi connectivity index (χ1) is 9.78. The summed E-state index contributed by atoms with van der Waals surface area (Å²) < 4.78 is 5.69. The van der Waals surface area contributed by atoms with E-state index in [1.807, 2.05) is 24.3 Å². The van der Waals surface area contributed by atoms with Crippen LogP contribution in [0, 0.1) is 11.3 Å². The molecule has 0 saturated heterocycles. The largest absolute Gasteiger partial charge is 0.489 e. The maximum Gasteiger partial charge on any atom is 0.163 e. The number of pyridine rings is 1. The maximum atomic E-state index is 11.6. The van der Waals surface area contributed by atoms with Crippen LogP contribution in [0.3, 0.4) is 0 Å². The molecule has 0 radical (unpaired) electrons. The Bertz CT molecular complexity index is 717. The average molecular weight is 264 g/mol. The lowest BCUT2D eigenvalue weighted by Crippen LogP contribution is -2.00. The maximum absolute atomic E-state index is 11.6. The van der Waals surface area contributed by atoms with E-state index in [4.69, 9.17) is 10.00 Å². The van der Waals surface area contributed by atoms with Gasteiger partial charge in [0.25, 0.3) is 0 Å². The van der Waals surface area contributed by atoms with E-state index in [0.717, 1.165) is 23.1 Å². The van der Waals surface area contributed by atoms with Crippen LogP contribution in [-0.2, 0) is 13.0 Å². The molecule has 4 nitrogen and oxygen atoms in total. The van der Waals surface area contributed by atoms with Crippen LogP contribution < -0.4 is 4.74 Å². The standard InChI is InChI=1S/C16H12N2O2/c17-9-15-12(2-1-7-18-15)10-20-13-4-5-14-11(8-13)3-6-16(14)19/h1-2,4-5,7-8H,3,6,10H2. The Morgan fingerprint density at radius 2 is 2.20 bits per heavy atom. The van der Waals surface area contributed by atoms with E-state index in [-0.39, 0.29) is 5.78 Å². The number of fused-ring (bicyclic) bond motifs is 1. The number of nitriles is 1. The fraction of sp³-hybridized carbons (Fsp3) is 0.188. The van der Waals surface area contributed by atoms with Gasteiger partial charge >= 0.3 is 0 Å². The molecule has 1 heterocycles. The Balaban J connectivity index is 1.77. The van der Waals surface area contributed by atoms with Gasteiger partial charge in [-0.2, -0.15) is 5.26 Å². The Morgan fingerprint density at radius 1 is 1.30 bits per heavy atom. The summed E-state index contributed by atoms with van der Waals surface area (Å²) in [6, 6.07) is 11.2. The molecule has 1 aromatic heterocycles. The van der Waals surface area contributed by atoms with Crippen LogP contribution in [0.15, 0.2) is 36.5 Å². The third-order valence-corrected chi connectivity index (χ3v) is 3.39. The van der Waals surface area contributed by atoms with Gasteiger partial charge in [-0.3, -0.25) is 4.79 Å². The summed E-state index contributed by atoms with van der Waals surface area (Å²) >= 11 is 0. The molecule has 98 valence electrons. The van der Waals surface area contributed by atoms with E-state index in [2.05, 4.69) is 4.98 Å². The third kappa shape index (κ3) is 2.26. The Labute approximate surface area is 116 Å². The minimum absolute atomic E-state index is 0.200. The van der Waals surface area contributed by atoms with Gasteiger partial charge in [-0.15, -0.1) is 0 Å². The molecular weight excluding hydrogens is 252 g/mol. The summed E-state index contributed by atoms with van der Waals surface area (Å²) in [7, 11) is 0. The molecule has 0 saturated carbocycles. The number of carbonyl (C=O) groups excluding carboxylic acids is 1. The number of rotatable bonds is 3. The first-order valence-electron chi connectivity index (χ1n) is 6.41. The number of benzene rings is 1. The van der Waals surface area contributed by atoms with Gasteiger partial charge in [-0.25, -0.2) is 4.98 Å². The molecule has 1 aromatic carbocycles. The molecule has 0 aliphatic heterocycles. The molecule has 20 heavy (non-hydrogen) atoms. The second-order valence-electron chi connectivity index (χ2n) is 4.65. The summed E-state index contributed by atoms with van der Waals surface area (Å²) in [5.74, 6) is 0.914. The van der Waals surface area contributed by atoms with Crippen LogP contribution in [0.2, 0.25) is 0 Å². The van der Waals surface area contributed by atoms with Crippen molar-refractivity contribution >= 4 is 5.78 Å². The highest BCUT2D eigenvalue weighted by Gasteiger charge is 2.19. The smallest absolute Gasteiger partial charge is 0.163 e. The van der Waals surface area contributed by atoms with Crippen molar-refractivity contribution in [2.24, 2.45) is 0 Å². The number of ketones is 1. The van der Waals surface area contributed by atoms with Gasteiger partial charge in [0.15, 0.2) is 5.78 Å². The van der Waals surface area contributed by atoms with Gasteiger partial charge in [0.1, 0.15) is 24.1 Å². The van der Waals surface area contributed by atoms with E-state index in [1.54, 1.807) is 18.3 Å². The van der Waals surface area contributed by atoms with Crippen molar-refractivity contribution in [2.45, 2.75) is 19.4 Å². The number of ether oxygens (including phenoxy) is 1. The van der Waals surface area contributed by atoms with Gasteiger partial charge in [0.2, 0.25) is 0 Å². The highest BCUT2D eigenvalue weighted by Crippen LogP contribution is 2.26. The van der Waals surface area contributed by atoms with Crippen molar-refractivity contribution in [1.29, 1.82) is 5.26 Å². The lowest BCUT2D eigenvalue weighted by atomic mass is 10.1. The van der Waals surface area contributed by atoms with Gasteiger partial charge in [-0.05, 0) is 36.2 Å². The fourth-order valence-electron chi connectivity index (χ4n) is 2.34. The van der Waals surface area contributed by atoms with Crippen LogP contribution in [0.25, 0.3) is 0 Å². The van der Waals surface area contributed by atoms with Gasteiger partial charge in [0.05, 0.1) is 0 Å². The second-order valence-corrected chi connectivity index (χ2v) is 4.65. The first kappa shape index (κ1) is 12.4. The SMILES string of the molecule is N#Cc1ncccc1COc1ccc2c(c1)CCC2=O. The van der Waals surface area contributed by atoms with Crippen molar-refractivity contribution in [3.8, 4) is 11.8 Å². The number of hydrogen-bond acceptors (Lipinski definition) is 4. The molecule has 0 bridgehead atoms. The molecule has 1 aliphatic rings. The van der Waals surface area contributed by atoms with E-state index in [0.29, 0.717) is 24.5 Å². The minimum Gasteiger partial charge on any atom is -0.489 e. The second kappa shape index (κ2) is 5.14. The van der Waals surface area contributed by atoms with Crippen molar-refractivity contribution in [3.05, 3.63) is 58.9 Å². The zero-order valence-corrected chi connectivity index (χ0v) is 10.8. The van der Waals surface area contributed by atoms with E-state index in [1.165, 1.54) is 0 Å². The Morgan fingerprint density at radius 3 is 3.05 bits per heavy atom. The van der Waals surface area contributed by atoms with Crippen molar-refractivity contribution in [1.82, 2.24) is 4.98 Å². The highest BCUT2D eigenvalue weighted by atomic mass is 16.5. The summed E-state index contributed by atoms with van der Waals surface area (Å²) in [6.07, 6.45) is 2.95.